The molecule has 1 aromatic carbocycles. The van der Waals surface area contributed by atoms with E-state index >= 15 is 0 Å². The highest BCUT2D eigenvalue weighted by Crippen LogP contribution is 2.15. The number of hydrogen-bond acceptors (Lipinski definition) is 3. The van der Waals surface area contributed by atoms with Gasteiger partial charge >= 0.3 is 0 Å². The van der Waals surface area contributed by atoms with Crippen LogP contribution >= 0.6 is 0 Å². The van der Waals surface area contributed by atoms with Crippen LogP contribution in [-0.2, 0) is 4.79 Å². The van der Waals surface area contributed by atoms with Crippen molar-refractivity contribution in [3.63, 3.8) is 0 Å². The smallest absolute Gasteiger partial charge is 0.244 e. The van der Waals surface area contributed by atoms with Gasteiger partial charge in [-0.1, -0.05) is 32.0 Å². The zero-order valence-electron chi connectivity index (χ0n) is 14.0. The number of guanidine groups is 1. The van der Waals surface area contributed by atoms with Gasteiger partial charge in [0, 0.05) is 38.4 Å². The van der Waals surface area contributed by atoms with E-state index in [2.05, 4.69) is 41.2 Å². The second-order valence-corrected chi connectivity index (χ2v) is 6.18. The Labute approximate surface area is 138 Å². The van der Waals surface area contributed by atoms with Crippen LogP contribution in [0.2, 0.25) is 0 Å². The highest BCUT2D eigenvalue weighted by Gasteiger charge is 2.20. The molecule has 0 saturated carbocycles. The third kappa shape index (κ3) is 5.47. The van der Waals surface area contributed by atoms with E-state index < -0.39 is 0 Å². The molecule has 0 aromatic heterocycles. The zero-order chi connectivity index (χ0) is 16.7. The van der Waals surface area contributed by atoms with E-state index in [0.717, 1.165) is 32.7 Å². The largest absolute Gasteiger partial charge is 0.370 e. The molecule has 0 unspecified atom stereocenters. The first-order valence-corrected chi connectivity index (χ1v) is 8.18. The number of carbonyl (C=O) groups is 1. The van der Waals surface area contributed by atoms with E-state index in [1.807, 2.05) is 23.1 Å². The van der Waals surface area contributed by atoms with Crippen LogP contribution in [0, 0.1) is 5.92 Å². The molecule has 1 fully saturated rings. The second-order valence-electron chi connectivity index (χ2n) is 6.18. The zero-order valence-corrected chi connectivity index (χ0v) is 14.0. The Bertz CT molecular complexity index is 521. The Kier molecular flexibility index (Phi) is 6.26. The van der Waals surface area contributed by atoms with Crippen molar-refractivity contribution in [2.75, 3.05) is 44.2 Å². The number of amides is 1. The van der Waals surface area contributed by atoms with Gasteiger partial charge in [-0.15, -0.1) is 0 Å². The van der Waals surface area contributed by atoms with Crippen molar-refractivity contribution in [3.05, 3.63) is 30.3 Å². The fourth-order valence-corrected chi connectivity index (χ4v) is 2.47. The summed E-state index contributed by atoms with van der Waals surface area (Å²) in [7, 11) is 0. The van der Waals surface area contributed by atoms with Gasteiger partial charge in [0.05, 0.1) is 0 Å². The molecule has 6 heteroatoms. The lowest BCUT2D eigenvalue weighted by molar-refractivity contribution is -0.129. The van der Waals surface area contributed by atoms with Crippen LogP contribution in [-0.4, -0.2) is 56.0 Å². The molecule has 0 atom stereocenters. The Hall–Kier alpha value is -2.24. The minimum atomic E-state index is 0.0343. The Morgan fingerprint density at radius 2 is 1.87 bits per heavy atom. The number of para-hydroxylation sites is 1. The van der Waals surface area contributed by atoms with Crippen LogP contribution in [0.1, 0.15) is 13.8 Å². The summed E-state index contributed by atoms with van der Waals surface area (Å²) in [5.74, 6) is 0.868. The molecule has 1 amide bonds. The number of piperazine rings is 1. The average Bonchev–Trinajstić information content (AvgIpc) is 2.58. The van der Waals surface area contributed by atoms with Gasteiger partial charge in [-0.25, -0.2) is 4.99 Å². The number of nitrogens with one attached hydrogen (secondary N) is 1. The third-order valence-corrected chi connectivity index (χ3v) is 3.83. The number of carbonyl (C=O) groups excluding carboxylic acids is 1. The van der Waals surface area contributed by atoms with Crippen LogP contribution in [0.25, 0.3) is 0 Å². The predicted octanol–water partition coefficient (Wildman–Crippen LogP) is 0.896. The van der Waals surface area contributed by atoms with Crippen molar-refractivity contribution in [1.29, 1.82) is 0 Å². The fraction of sp³-hybridized carbons (Fsp3) is 0.529. The standard InChI is InChI=1S/C17H27N5O/c1-14(2)12-19-17(18)20-13-16(23)22-10-8-21(9-11-22)15-6-4-3-5-7-15/h3-7,14H,8-13H2,1-2H3,(H3,18,19,20). The van der Waals surface area contributed by atoms with Crippen LogP contribution in [0.15, 0.2) is 35.3 Å². The quantitative estimate of drug-likeness (QED) is 0.625. The van der Waals surface area contributed by atoms with Crippen molar-refractivity contribution in [2.24, 2.45) is 16.6 Å². The minimum Gasteiger partial charge on any atom is -0.370 e. The predicted molar refractivity (Wildman–Crippen MR) is 94.6 cm³/mol. The summed E-state index contributed by atoms with van der Waals surface area (Å²) in [5, 5.41) is 3.02. The molecule has 0 spiro atoms. The van der Waals surface area contributed by atoms with Gasteiger partial charge in [-0.05, 0) is 18.1 Å². The first-order chi connectivity index (χ1) is 11.1. The molecule has 23 heavy (non-hydrogen) atoms. The maximum absolute atomic E-state index is 12.2. The molecule has 1 heterocycles. The van der Waals surface area contributed by atoms with Crippen LogP contribution < -0.4 is 16.0 Å². The van der Waals surface area contributed by atoms with Gasteiger partial charge in [0.15, 0.2) is 5.96 Å². The highest BCUT2D eigenvalue weighted by molar-refractivity contribution is 5.84. The number of rotatable bonds is 5. The molecule has 126 valence electrons. The Morgan fingerprint density at radius 1 is 1.22 bits per heavy atom. The van der Waals surface area contributed by atoms with E-state index in [-0.39, 0.29) is 12.5 Å². The molecular formula is C17H27N5O. The number of nitrogens with two attached hydrogens (primary N) is 1. The number of benzene rings is 1. The number of nitrogens with zero attached hydrogens (tertiary/aromatic N) is 3. The summed E-state index contributed by atoms with van der Waals surface area (Å²) < 4.78 is 0. The molecule has 0 radical (unpaired) electrons. The average molecular weight is 317 g/mol. The first kappa shape index (κ1) is 17.1. The molecule has 1 aromatic rings. The summed E-state index contributed by atoms with van der Waals surface area (Å²) in [5.41, 5.74) is 6.97. The maximum atomic E-state index is 12.2. The number of hydrogen-bond donors (Lipinski definition) is 2. The van der Waals surface area contributed by atoms with Crippen molar-refractivity contribution >= 4 is 17.6 Å². The minimum absolute atomic E-state index is 0.0343. The van der Waals surface area contributed by atoms with Gasteiger partial charge in [0.2, 0.25) is 5.91 Å². The third-order valence-electron chi connectivity index (χ3n) is 3.83. The normalized spacial score (nSPS) is 15.9. The van der Waals surface area contributed by atoms with Crippen molar-refractivity contribution in [2.45, 2.75) is 13.8 Å². The van der Waals surface area contributed by atoms with Crippen LogP contribution in [0.5, 0.6) is 0 Å². The topological polar surface area (TPSA) is 74.0 Å². The number of anilines is 1. The molecule has 6 nitrogen and oxygen atoms in total. The van der Waals surface area contributed by atoms with Gasteiger partial charge in [0.1, 0.15) is 6.54 Å². The highest BCUT2D eigenvalue weighted by atomic mass is 16.2. The Balaban J connectivity index is 1.76. The van der Waals surface area contributed by atoms with Crippen molar-refractivity contribution < 1.29 is 4.79 Å². The molecule has 1 aliphatic rings. The molecule has 1 aliphatic heterocycles. The molecule has 0 aliphatic carbocycles. The summed E-state index contributed by atoms with van der Waals surface area (Å²) in [6, 6.07) is 10.3. The molecule has 3 N–H and O–H groups in total. The lowest BCUT2D eigenvalue weighted by atomic mass is 10.2. The molecule has 1 saturated heterocycles. The summed E-state index contributed by atoms with van der Waals surface area (Å²) >= 11 is 0. The summed E-state index contributed by atoms with van der Waals surface area (Å²) in [6.45, 7) is 8.21. The van der Waals surface area contributed by atoms with Crippen LogP contribution in [0.4, 0.5) is 5.69 Å². The van der Waals surface area contributed by atoms with Gasteiger partial charge in [-0.3, -0.25) is 4.79 Å². The molecular weight excluding hydrogens is 290 g/mol. The van der Waals surface area contributed by atoms with Crippen LogP contribution in [0.3, 0.4) is 0 Å². The summed E-state index contributed by atoms with van der Waals surface area (Å²) in [6.07, 6.45) is 0. The summed E-state index contributed by atoms with van der Waals surface area (Å²) in [4.78, 5) is 20.5. The van der Waals surface area contributed by atoms with E-state index in [1.165, 1.54) is 5.69 Å². The lowest BCUT2D eigenvalue weighted by Crippen LogP contribution is -2.49. The van der Waals surface area contributed by atoms with Gasteiger partial charge in [0.25, 0.3) is 0 Å². The van der Waals surface area contributed by atoms with Crippen molar-refractivity contribution in [1.82, 2.24) is 10.2 Å². The lowest BCUT2D eigenvalue weighted by Gasteiger charge is -2.36. The SMILES string of the molecule is CC(C)CNC(N)=NCC(=O)N1CCN(c2ccccc2)CC1. The van der Waals surface area contributed by atoms with Gasteiger partial charge in [-0.2, -0.15) is 0 Å². The monoisotopic (exact) mass is 317 g/mol. The maximum Gasteiger partial charge on any atom is 0.244 e. The van der Waals surface area contributed by atoms with E-state index in [1.54, 1.807) is 0 Å². The van der Waals surface area contributed by atoms with Gasteiger partial charge < -0.3 is 20.9 Å². The van der Waals surface area contributed by atoms with E-state index in [0.29, 0.717) is 11.9 Å². The number of aliphatic imine (C=N–C) groups is 1. The fourth-order valence-electron chi connectivity index (χ4n) is 2.47. The first-order valence-electron chi connectivity index (χ1n) is 8.18. The van der Waals surface area contributed by atoms with E-state index in [4.69, 9.17) is 5.73 Å². The van der Waals surface area contributed by atoms with E-state index in [9.17, 15) is 4.79 Å². The molecule has 2 rings (SSSR count). The second kappa shape index (κ2) is 8.41. The Morgan fingerprint density at radius 3 is 2.48 bits per heavy atom. The molecule has 0 bridgehead atoms. The van der Waals surface area contributed by atoms with Crippen molar-refractivity contribution in [3.8, 4) is 0 Å².